The topological polar surface area (TPSA) is 30.5 Å². The monoisotopic (exact) mass is 637 g/mol. The van der Waals surface area contributed by atoms with Crippen LogP contribution >= 0.6 is 0 Å². The lowest BCUT2D eigenvalue weighted by Crippen LogP contribution is -2.42. The Hall–Kier alpha value is -2.83. The molecule has 2 aliphatic carbocycles. The highest BCUT2D eigenvalue weighted by Gasteiger charge is 2.55. The average Bonchev–Trinajstić information content (AvgIpc) is 2.93. The number of alkyl halides is 9. The zero-order valence-electron chi connectivity index (χ0n) is 25.2. The molecule has 0 saturated carbocycles. The van der Waals surface area contributed by atoms with Crippen molar-refractivity contribution in [3.63, 3.8) is 0 Å². The largest absolute Gasteiger partial charge is 0.416 e. The molecule has 2 aliphatic rings. The average molecular weight is 638 g/mol. The number of rotatable bonds is 9. The van der Waals surface area contributed by atoms with Crippen molar-refractivity contribution >= 4 is 0 Å². The van der Waals surface area contributed by atoms with E-state index in [0.29, 0.717) is 23.3 Å². The molecule has 3 rings (SSSR count). The van der Waals surface area contributed by atoms with Gasteiger partial charge >= 0.3 is 18.5 Å². The van der Waals surface area contributed by atoms with Gasteiger partial charge in [-0.3, -0.25) is 0 Å². The van der Waals surface area contributed by atoms with Crippen molar-refractivity contribution in [2.75, 3.05) is 27.3 Å². The molecule has 0 amide bonds. The summed E-state index contributed by atoms with van der Waals surface area (Å²) < 4.78 is 135. The van der Waals surface area contributed by atoms with Crippen molar-refractivity contribution in [3.05, 3.63) is 93.6 Å². The predicted molar refractivity (Wildman–Crippen MR) is 149 cm³/mol. The Bertz CT molecular complexity index is 1320. The van der Waals surface area contributed by atoms with Crippen molar-refractivity contribution in [2.45, 2.75) is 58.4 Å². The van der Waals surface area contributed by atoms with E-state index >= 15 is 0 Å². The van der Waals surface area contributed by atoms with Crippen molar-refractivity contribution in [1.29, 1.82) is 0 Å². The van der Waals surface area contributed by atoms with Gasteiger partial charge in [0.05, 0.1) is 11.1 Å². The van der Waals surface area contributed by atoms with Crippen molar-refractivity contribution in [3.8, 4) is 0 Å². The van der Waals surface area contributed by atoms with Crippen LogP contribution in [0.25, 0.3) is 0 Å². The fourth-order valence-corrected chi connectivity index (χ4v) is 5.31. The van der Waals surface area contributed by atoms with Crippen molar-refractivity contribution < 1.29 is 49.0 Å². The molecule has 12 heteroatoms. The van der Waals surface area contributed by atoms with E-state index in [1.807, 2.05) is 19.9 Å². The Morgan fingerprint density at radius 3 is 1.82 bits per heavy atom. The van der Waals surface area contributed by atoms with Gasteiger partial charge in [0.25, 0.3) is 0 Å². The van der Waals surface area contributed by atoms with Gasteiger partial charge in [0.2, 0.25) is 5.79 Å². The van der Waals surface area contributed by atoms with Gasteiger partial charge in [-0.2, -0.15) is 39.5 Å². The van der Waals surface area contributed by atoms with Gasteiger partial charge in [-0.15, -0.1) is 0 Å². The minimum atomic E-state index is -4.99. The van der Waals surface area contributed by atoms with Crippen LogP contribution < -0.4 is 5.32 Å². The smallest absolute Gasteiger partial charge is 0.346 e. The van der Waals surface area contributed by atoms with Crippen molar-refractivity contribution in [1.82, 2.24) is 5.32 Å². The van der Waals surface area contributed by atoms with Crippen LogP contribution in [0, 0.1) is 17.3 Å². The first-order chi connectivity index (χ1) is 20.2. The van der Waals surface area contributed by atoms with Gasteiger partial charge < -0.3 is 14.8 Å². The predicted octanol–water partition coefficient (Wildman–Crippen LogP) is 9.00. The second kappa shape index (κ2) is 12.9. The summed E-state index contributed by atoms with van der Waals surface area (Å²) in [5.41, 5.74) is -3.48. The molecular formula is C32H36F9NO2. The van der Waals surface area contributed by atoms with Crippen LogP contribution in [-0.4, -0.2) is 39.3 Å². The molecular weight excluding hydrogens is 601 g/mol. The molecule has 0 aliphatic heterocycles. The number of methoxy groups -OCH3 is 2. The third-order valence-electron chi connectivity index (χ3n) is 8.03. The van der Waals surface area contributed by atoms with Gasteiger partial charge in [0.1, 0.15) is 5.41 Å². The number of hydrogen-bond acceptors (Lipinski definition) is 3. The minimum absolute atomic E-state index is 0.0482. The lowest BCUT2D eigenvalue weighted by molar-refractivity contribution is -0.202. The Morgan fingerprint density at radius 2 is 1.36 bits per heavy atom. The molecule has 1 unspecified atom stereocenters. The Labute approximate surface area is 251 Å². The zero-order valence-corrected chi connectivity index (χ0v) is 25.2. The minimum Gasteiger partial charge on any atom is -0.346 e. The number of nitrogens with one attached hydrogen (secondary N) is 1. The summed E-state index contributed by atoms with van der Waals surface area (Å²) in [5.74, 6) is -2.25. The molecule has 0 fully saturated rings. The molecule has 1 aromatic rings. The summed E-state index contributed by atoms with van der Waals surface area (Å²) in [4.78, 5) is 0. The first-order valence-corrected chi connectivity index (χ1v) is 13.9. The maximum atomic E-state index is 14.5. The molecule has 1 N–H and O–H groups in total. The molecule has 0 radical (unpaired) electrons. The Balaban J connectivity index is 2.05. The molecule has 1 aromatic carbocycles. The van der Waals surface area contributed by atoms with E-state index in [0.717, 1.165) is 17.7 Å². The number of benzene rings is 1. The summed E-state index contributed by atoms with van der Waals surface area (Å²) in [6, 6.07) is 1.32. The zero-order chi connectivity index (χ0) is 33.3. The number of allylic oxidation sites excluding steroid dienone is 5. The molecule has 0 spiro atoms. The second-order valence-corrected chi connectivity index (χ2v) is 11.5. The fourth-order valence-electron chi connectivity index (χ4n) is 5.31. The highest BCUT2D eigenvalue weighted by molar-refractivity contribution is 5.59. The standard InChI is InChI=1S/C32H36F9NO2/c1-19(2)22-7-11-29(43-5,44-6)27(15-22)26-8-10-28(20(3)4,32(39,40)41)17-23(26)18-42-12-9-21-13-24(30(33,34)35)16-25(14-21)31(36,37)38/h7-8,10-11,13-17,19-20,42H,9,12,18H2,1-6H3. The van der Waals surface area contributed by atoms with Gasteiger partial charge in [-0.1, -0.05) is 52.0 Å². The third-order valence-corrected chi connectivity index (χ3v) is 8.03. The molecule has 0 saturated heterocycles. The van der Waals surface area contributed by atoms with Crippen LogP contribution in [0.4, 0.5) is 39.5 Å². The van der Waals surface area contributed by atoms with E-state index in [4.69, 9.17) is 9.47 Å². The summed E-state index contributed by atoms with van der Waals surface area (Å²) in [7, 11) is 2.80. The first kappa shape index (κ1) is 35.6. The summed E-state index contributed by atoms with van der Waals surface area (Å²) in [6.07, 6.45) is -6.00. The highest BCUT2D eigenvalue weighted by Crippen LogP contribution is 2.51. The lowest BCUT2D eigenvalue weighted by atomic mass is 9.70. The van der Waals surface area contributed by atoms with Crippen LogP contribution in [0.2, 0.25) is 0 Å². The summed E-state index contributed by atoms with van der Waals surface area (Å²) >= 11 is 0. The van der Waals surface area contributed by atoms with Crippen LogP contribution in [0.5, 0.6) is 0 Å². The second-order valence-electron chi connectivity index (χ2n) is 11.5. The molecule has 0 heterocycles. The van der Waals surface area contributed by atoms with E-state index in [-0.39, 0.29) is 42.6 Å². The Morgan fingerprint density at radius 1 is 0.795 bits per heavy atom. The van der Waals surface area contributed by atoms with E-state index in [2.05, 4.69) is 5.32 Å². The Kier molecular flexibility index (Phi) is 10.4. The highest BCUT2D eigenvalue weighted by atomic mass is 19.4. The number of halogens is 9. The summed E-state index contributed by atoms with van der Waals surface area (Å²) in [5, 5.41) is 2.93. The van der Waals surface area contributed by atoms with E-state index < -0.39 is 46.8 Å². The molecule has 3 nitrogen and oxygen atoms in total. The van der Waals surface area contributed by atoms with Gasteiger partial charge in [-0.25, -0.2) is 0 Å². The quantitative estimate of drug-likeness (QED) is 0.167. The lowest BCUT2D eigenvalue weighted by Gasteiger charge is -2.39. The van der Waals surface area contributed by atoms with Gasteiger partial charge in [-0.05, 0) is 77.4 Å². The molecule has 0 aromatic heterocycles. The maximum absolute atomic E-state index is 14.5. The van der Waals surface area contributed by atoms with Crippen LogP contribution in [0.3, 0.4) is 0 Å². The number of ether oxygens (including phenoxy) is 2. The molecule has 44 heavy (non-hydrogen) atoms. The van der Waals surface area contributed by atoms with Crippen molar-refractivity contribution in [2.24, 2.45) is 17.3 Å². The normalized spacial score (nSPS) is 22.6. The maximum Gasteiger partial charge on any atom is 0.416 e. The van der Waals surface area contributed by atoms with Gasteiger partial charge in [0, 0.05) is 26.3 Å². The van der Waals surface area contributed by atoms with Gasteiger partial charge in [0.15, 0.2) is 0 Å². The van der Waals surface area contributed by atoms with E-state index in [1.54, 1.807) is 12.2 Å². The SMILES string of the molecule is COC1(OC)C=CC(C(C)C)=CC1=C1C=CC(C(C)C)(C(F)(F)F)C=C1CNCCc1cc(C(F)(F)F)cc(C(F)(F)F)c1. The molecule has 244 valence electrons. The van der Waals surface area contributed by atoms with E-state index in [1.165, 1.54) is 34.1 Å². The van der Waals surface area contributed by atoms with Crippen LogP contribution in [0.1, 0.15) is 44.4 Å². The van der Waals surface area contributed by atoms with Crippen LogP contribution in [0.15, 0.2) is 76.9 Å². The number of hydrogen-bond donors (Lipinski definition) is 1. The summed E-state index contributed by atoms with van der Waals surface area (Å²) in [6.45, 7) is 6.50. The first-order valence-electron chi connectivity index (χ1n) is 13.9. The molecule has 1 atom stereocenters. The fraction of sp³-hybridized carbons (Fsp3) is 0.500. The molecule has 0 bridgehead atoms. The third kappa shape index (κ3) is 7.34. The van der Waals surface area contributed by atoms with E-state index in [9.17, 15) is 39.5 Å². The van der Waals surface area contributed by atoms with Crippen LogP contribution in [-0.2, 0) is 28.2 Å².